The van der Waals surface area contributed by atoms with Crippen molar-refractivity contribution in [1.29, 1.82) is 0 Å². The first kappa shape index (κ1) is 16.6. The molecule has 0 fully saturated rings. The molecule has 2 unspecified atom stereocenters. The first-order chi connectivity index (χ1) is 8.72. The molecule has 0 amide bonds. The fourth-order valence-corrected chi connectivity index (χ4v) is 3.50. The van der Waals surface area contributed by atoms with Gasteiger partial charge in [-0.3, -0.25) is 0 Å². The summed E-state index contributed by atoms with van der Waals surface area (Å²) in [5, 5.41) is 3.46. The number of nitrogens with zero attached hydrogens (tertiary/aromatic N) is 1. The van der Waals surface area contributed by atoms with Crippen LogP contribution < -0.4 is 10.0 Å². The van der Waals surface area contributed by atoms with Gasteiger partial charge in [-0.05, 0) is 20.8 Å². The number of aromatic nitrogens is 1. The second-order valence-electron chi connectivity index (χ2n) is 5.07. The topological polar surface area (TPSA) is 71.1 Å². The fourth-order valence-electron chi connectivity index (χ4n) is 1.50. The van der Waals surface area contributed by atoms with Gasteiger partial charge in [-0.2, -0.15) is 0 Å². The molecule has 0 saturated heterocycles. The standard InChI is InChI=1S/C12H23N3O2S2/c1-8(2)13-7-10(4)19(16,17)15-11(5)12-14-6-9(3)18-12/h6,8,10-11,13,15H,7H2,1-5H3. The van der Waals surface area contributed by atoms with E-state index in [1.54, 1.807) is 13.1 Å². The van der Waals surface area contributed by atoms with Crippen molar-refractivity contribution >= 4 is 21.4 Å². The molecule has 1 rings (SSSR count). The number of thiazole rings is 1. The molecule has 2 N–H and O–H groups in total. The minimum Gasteiger partial charge on any atom is -0.313 e. The highest BCUT2D eigenvalue weighted by Crippen LogP contribution is 2.20. The molecule has 1 aromatic heterocycles. The molecule has 1 aromatic rings. The highest BCUT2D eigenvalue weighted by Gasteiger charge is 2.24. The Hall–Kier alpha value is -0.500. The summed E-state index contributed by atoms with van der Waals surface area (Å²) in [5.74, 6) is 0. The SMILES string of the molecule is Cc1cnc(C(C)NS(=O)(=O)C(C)CNC(C)C)s1. The Kier molecular flexibility index (Phi) is 5.91. The van der Waals surface area contributed by atoms with Crippen LogP contribution in [0, 0.1) is 6.92 Å². The summed E-state index contributed by atoms with van der Waals surface area (Å²) in [6, 6.07) is -0.0121. The molecule has 0 bridgehead atoms. The summed E-state index contributed by atoms with van der Waals surface area (Å²) in [7, 11) is -3.34. The molecule has 0 saturated carbocycles. The van der Waals surface area contributed by atoms with Crippen molar-refractivity contribution in [2.75, 3.05) is 6.54 Å². The molecule has 2 atom stereocenters. The maximum atomic E-state index is 12.2. The van der Waals surface area contributed by atoms with Crippen molar-refractivity contribution < 1.29 is 8.42 Å². The van der Waals surface area contributed by atoms with E-state index in [2.05, 4.69) is 15.0 Å². The lowest BCUT2D eigenvalue weighted by molar-refractivity contribution is 0.531. The van der Waals surface area contributed by atoms with Crippen LogP contribution in [-0.2, 0) is 10.0 Å². The largest absolute Gasteiger partial charge is 0.313 e. The Morgan fingerprint density at radius 3 is 2.42 bits per heavy atom. The molecule has 19 heavy (non-hydrogen) atoms. The van der Waals surface area contributed by atoms with Crippen LogP contribution in [0.4, 0.5) is 0 Å². The number of hydrogen-bond acceptors (Lipinski definition) is 5. The Balaban J connectivity index is 2.63. The van der Waals surface area contributed by atoms with E-state index in [4.69, 9.17) is 0 Å². The van der Waals surface area contributed by atoms with Crippen LogP contribution in [0.15, 0.2) is 6.20 Å². The smallest absolute Gasteiger partial charge is 0.216 e. The van der Waals surface area contributed by atoms with E-state index in [1.807, 2.05) is 27.7 Å². The van der Waals surface area contributed by atoms with Crippen molar-refractivity contribution in [3.8, 4) is 0 Å². The molecule has 0 radical (unpaired) electrons. The zero-order valence-corrected chi connectivity index (χ0v) is 13.7. The van der Waals surface area contributed by atoms with Gasteiger partial charge in [0.25, 0.3) is 0 Å². The third-order valence-corrected chi connectivity index (χ3v) is 5.70. The number of nitrogens with one attached hydrogen (secondary N) is 2. The molecule has 7 heteroatoms. The first-order valence-corrected chi connectivity index (χ1v) is 8.75. The lowest BCUT2D eigenvalue weighted by Crippen LogP contribution is -2.41. The number of rotatable bonds is 7. The van der Waals surface area contributed by atoms with Crippen LogP contribution in [0.1, 0.15) is 43.6 Å². The molecular weight excluding hydrogens is 282 g/mol. The molecule has 0 aliphatic carbocycles. The molecule has 0 aromatic carbocycles. The zero-order valence-electron chi connectivity index (χ0n) is 12.1. The minimum atomic E-state index is -3.34. The molecule has 0 aliphatic rings. The van der Waals surface area contributed by atoms with E-state index in [0.29, 0.717) is 6.54 Å². The number of hydrogen-bond donors (Lipinski definition) is 2. The van der Waals surface area contributed by atoms with Gasteiger partial charge in [0, 0.05) is 23.7 Å². The molecule has 0 aliphatic heterocycles. The summed E-state index contributed by atoms with van der Waals surface area (Å²) in [6.45, 7) is 9.91. The van der Waals surface area contributed by atoms with Crippen LogP contribution in [0.25, 0.3) is 0 Å². The van der Waals surface area contributed by atoms with Crippen molar-refractivity contribution in [3.05, 3.63) is 16.1 Å². The maximum absolute atomic E-state index is 12.2. The summed E-state index contributed by atoms with van der Waals surface area (Å²) in [4.78, 5) is 5.29. The van der Waals surface area contributed by atoms with Gasteiger partial charge < -0.3 is 5.32 Å². The lowest BCUT2D eigenvalue weighted by Gasteiger charge is -2.18. The van der Waals surface area contributed by atoms with E-state index in [1.165, 1.54) is 11.3 Å². The summed E-state index contributed by atoms with van der Waals surface area (Å²) in [5.41, 5.74) is 0. The lowest BCUT2D eigenvalue weighted by atomic mass is 10.3. The normalized spacial score (nSPS) is 15.7. The Morgan fingerprint density at radius 2 is 1.95 bits per heavy atom. The monoisotopic (exact) mass is 305 g/mol. The highest BCUT2D eigenvalue weighted by molar-refractivity contribution is 7.90. The van der Waals surface area contributed by atoms with Crippen LogP contribution in [0.3, 0.4) is 0 Å². The van der Waals surface area contributed by atoms with Gasteiger partial charge in [-0.25, -0.2) is 18.1 Å². The molecule has 5 nitrogen and oxygen atoms in total. The average Bonchev–Trinajstić information content (AvgIpc) is 2.72. The average molecular weight is 305 g/mol. The summed E-state index contributed by atoms with van der Waals surface area (Å²) < 4.78 is 27.0. The van der Waals surface area contributed by atoms with Crippen molar-refractivity contribution in [2.24, 2.45) is 0 Å². The van der Waals surface area contributed by atoms with E-state index in [-0.39, 0.29) is 12.1 Å². The van der Waals surface area contributed by atoms with Crippen LogP contribution in [0.2, 0.25) is 0 Å². The van der Waals surface area contributed by atoms with Gasteiger partial charge in [0.2, 0.25) is 10.0 Å². The van der Waals surface area contributed by atoms with Crippen molar-refractivity contribution in [3.63, 3.8) is 0 Å². The van der Waals surface area contributed by atoms with Crippen molar-refractivity contribution in [1.82, 2.24) is 15.0 Å². The van der Waals surface area contributed by atoms with Gasteiger partial charge >= 0.3 is 0 Å². The zero-order chi connectivity index (χ0) is 14.6. The quantitative estimate of drug-likeness (QED) is 0.806. The third kappa shape index (κ3) is 5.18. The van der Waals surface area contributed by atoms with E-state index >= 15 is 0 Å². The van der Waals surface area contributed by atoms with Gasteiger partial charge in [0.15, 0.2) is 0 Å². The summed E-state index contributed by atoms with van der Waals surface area (Å²) >= 11 is 1.51. The predicted octanol–water partition coefficient (Wildman–Crippen LogP) is 1.82. The van der Waals surface area contributed by atoms with Gasteiger partial charge in [0.05, 0.1) is 11.3 Å². The van der Waals surface area contributed by atoms with Gasteiger partial charge in [0.1, 0.15) is 5.01 Å². The number of sulfonamides is 1. The minimum absolute atomic E-state index is 0.275. The Morgan fingerprint density at radius 1 is 1.32 bits per heavy atom. The van der Waals surface area contributed by atoms with Gasteiger partial charge in [-0.15, -0.1) is 11.3 Å². The second kappa shape index (κ2) is 6.78. The number of aryl methyl sites for hydroxylation is 1. The van der Waals surface area contributed by atoms with Crippen LogP contribution in [-0.4, -0.2) is 31.2 Å². The van der Waals surface area contributed by atoms with E-state index < -0.39 is 15.3 Å². The fraction of sp³-hybridized carbons (Fsp3) is 0.750. The first-order valence-electron chi connectivity index (χ1n) is 6.39. The highest BCUT2D eigenvalue weighted by atomic mass is 32.2. The molecule has 1 heterocycles. The predicted molar refractivity (Wildman–Crippen MR) is 79.9 cm³/mol. The molecule has 0 spiro atoms. The maximum Gasteiger partial charge on any atom is 0.216 e. The van der Waals surface area contributed by atoms with Gasteiger partial charge in [-0.1, -0.05) is 13.8 Å². The third-order valence-electron chi connectivity index (χ3n) is 2.69. The van der Waals surface area contributed by atoms with Crippen LogP contribution >= 0.6 is 11.3 Å². The van der Waals surface area contributed by atoms with E-state index in [9.17, 15) is 8.42 Å². The van der Waals surface area contributed by atoms with Crippen molar-refractivity contribution in [2.45, 2.75) is 52.0 Å². The van der Waals surface area contributed by atoms with E-state index in [0.717, 1.165) is 9.88 Å². The summed E-state index contributed by atoms with van der Waals surface area (Å²) in [6.07, 6.45) is 1.76. The Labute approximate surface area is 119 Å². The van der Waals surface area contributed by atoms with Crippen LogP contribution in [0.5, 0.6) is 0 Å². The second-order valence-corrected chi connectivity index (χ2v) is 8.46. The molecular formula is C12H23N3O2S2. The Bertz CT molecular complexity index is 497. The molecule has 110 valence electrons.